The van der Waals surface area contributed by atoms with Crippen LogP contribution in [0, 0.1) is 5.82 Å². The van der Waals surface area contributed by atoms with Crippen LogP contribution < -0.4 is 20.3 Å². The van der Waals surface area contributed by atoms with Gasteiger partial charge in [-0.15, -0.1) is 0 Å². The minimum Gasteiger partial charge on any atom is -0.484 e. The van der Waals surface area contributed by atoms with Gasteiger partial charge in [-0.05, 0) is 54.8 Å². The minimum atomic E-state index is -0.302. The topological polar surface area (TPSA) is 70.7 Å². The zero-order chi connectivity index (χ0) is 23.8. The van der Waals surface area contributed by atoms with E-state index >= 15 is 0 Å². The Bertz CT molecular complexity index is 1100. The van der Waals surface area contributed by atoms with E-state index in [1.807, 2.05) is 54.6 Å². The SMILES string of the molecule is O=C(COc1ccccc1)NC1CCN(c2ccccc2C(=O)NCc2ccc(F)cc2)CC1. The van der Waals surface area contributed by atoms with Crippen molar-refractivity contribution in [1.29, 1.82) is 0 Å². The highest BCUT2D eigenvalue weighted by molar-refractivity contribution is 5.99. The number of rotatable bonds is 8. The number of hydrogen-bond donors (Lipinski definition) is 2. The van der Waals surface area contributed by atoms with Crippen LogP contribution in [-0.4, -0.2) is 37.6 Å². The van der Waals surface area contributed by atoms with E-state index in [0.717, 1.165) is 37.2 Å². The maximum absolute atomic E-state index is 13.1. The van der Waals surface area contributed by atoms with Crippen LogP contribution >= 0.6 is 0 Å². The Kier molecular flexibility index (Phi) is 7.75. The number of benzene rings is 3. The van der Waals surface area contributed by atoms with Crippen molar-refractivity contribution >= 4 is 17.5 Å². The molecule has 0 atom stereocenters. The normalized spacial score (nSPS) is 13.9. The molecule has 4 rings (SSSR count). The first-order valence-corrected chi connectivity index (χ1v) is 11.4. The molecule has 3 aromatic carbocycles. The summed E-state index contributed by atoms with van der Waals surface area (Å²) >= 11 is 0. The third-order valence-electron chi connectivity index (χ3n) is 5.83. The van der Waals surface area contributed by atoms with Crippen molar-refractivity contribution in [2.75, 3.05) is 24.6 Å². The van der Waals surface area contributed by atoms with Gasteiger partial charge in [-0.25, -0.2) is 4.39 Å². The van der Waals surface area contributed by atoms with Crippen molar-refractivity contribution in [3.63, 3.8) is 0 Å². The summed E-state index contributed by atoms with van der Waals surface area (Å²) in [7, 11) is 0. The highest BCUT2D eigenvalue weighted by Crippen LogP contribution is 2.24. The van der Waals surface area contributed by atoms with Gasteiger partial charge in [0.2, 0.25) is 0 Å². The van der Waals surface area contributed by atoms with Gasteiger partial charge in [-0.3, -0.25) is 9.59 Å². The van der Waals surface area contributed by atoms with Crippen molar-refractivity contribution in [1.82, 2.24) is 10.6 Å². The monoisotopic (exact) mass is 461 g/mol. The van der Waals surface area contributed by atoms with Crippen molar-refractivity contribution in [3.05, 3.63) is 95.8 Å². The van der Waals surface area contributed by atoms with Gasteiger partial charge in [0.05, 0.1) is 5.56 Å². The van der Waals surface area contributed by atoms with Crippen molar-refractivity contribution in [2.24, 2.45) is 0 Å². The fraction of sp³-hybridized carbons (Fsp3) is 0.259. The lowest BCUT2D eigenvalue weighted by Crippen LogP contribution is -2.46. The van der Waals surface area contributed by atoms with Crippen molar-refractivity contribution < 1.29 is 18.7 Å². The molecule has 0 saturated carbocycles. The lowest BCUT2D eigenvalue weighted by Gasteiger charge is -2.34. The van der Waals surface area contributed by atoms with Gasteiger partial charge < -0.3 is 20.3 Å². The van der Waals surface area contributed by atoms with E-state index in [1.54, 1.807) is 12.1 Å². The van der Waals surface area contributed by atoms with Gasteiger partial charge in [-0.1, -0.05) is 42.5 Å². The molecule has 0 unspecified atom stereocenters. The summed E-state index contributed by atoms with van der Waals surface area (Å²) < 4.78 is 18.6. The third-order valence-corrected chi connectivity index (χ3v) is 5.83. The fourth-order valence-electron chi connectivity index (χ4n) is 4.02. The zero-order valence-electron chi connectivity index (χ0n) is 18.9. The highest BCUT2D eigenvalue weighted by atomic mass is 19.1. The Hall–Kier alpha value is -3.87. The fourth-order valence-corrected chi connectivity index (χ4v) is 4.02. The molecular weight excluding hydrogens is 433 g/mol. The molecule has 7 heteroatoms. The van der Waals surface area contributed by atoms with Crippen molar-refractivity contribution in [3.8, 4) is 5.75 Å². The van der Waals surface area contributed by atoms with Gasteiger partial charge in [0.15, 0.2) is 6.61 Å². The number of nitrogens with one attached hydrogen (secondary N) is 2. The number of carbonyl (C=O) groups is 2. The molecule has 6 nitrogen and oxygen atoms in total. The predicted octanol–water partition coefficient (Wildman–Crippen LogP) is 3.92. The second-order valence-electron chi connectivity index (χ2n) is 8.26. The smallest absolute Gasteiger partial charge is 0.258 e. The zero-order valence-corrected chi connectivity index (χ0v) is 18.9. The lowest BCUT2D eigenvalue weighted by atomic mass is 10.0. The minimum absolute atomic E-state index is 0.0126. The number of halogens is 1. The van der Waals surface area contributed by atoms with Crippen LogP contribution in [0.15, 0.2) is 78.9 Å². The van der Waals surface area contributed by atoms with Crippen LogP contribution in [0.5, 0.6) is 5.75 Å². The number of amides is 2. The van der Waals surface area contributed by atoms with Crippen LogP contribution in [0.3, 0.4) is 0 Å². The number of para-hydroxylation sites is 2. The Morgan fingerprint density at radius 3 is 2.32 bits per heavy atom. The van der Waals surface area contributed by atoms with E-state index < -0.39 is 0 Å². The summed E-state index contributed by atoms with van der Waals surface area (Å²) in [5.74, 6) is 0.0572. The molecule has 2 N–H and O–H groups in total. The first-order chi connectivity index (χ1) is 16.6. The molecule has 0 aliphatic carbocycles. The summed E-state index contributed by atoms with van der Waals surface area (Å²) in [6.45, 7) is 1.77. The molecule has 0 aromatic heterocycles. The summed E-state index contributed by atoms with van der Waals surface area (Å²) in [5, 5.41) is 5.96. The average molecular weight is 462 g/mol. The van der Waals surface area contributed by atoms with E-state index in [9.17, 15) is 14.0 Å². The number of hydrogen-bond acceptors (Lipinski definition) is 4. The summed E-state index contributed by atoms with van der Waals surface area (Å²) in [5.41, 5.74) is 2.31. The molecule has 176 valence electrons. The molecule has 1 aliphatic rings. The second kappa shape index (κ2) is 11.3. The molecule has 1 fully saturated rings. The van der Waals surface area contributed by atoms with Crippen LogP contribution in [-0.2, 0) is 11.3 Å². The summed E-state index contributed by atoms with van der Waals surface area (Å²) in [6, 6.07) is 22.9. The van der Waals surface area contributed by atoms with Gasteiger partial charge in [-0.2, -0.15) is 0 Å². The molecular formula is C27H28FN3O3. The molecule has 34 heavy (non-hydrogen) atoms. The number of anilines is 1. The van der Waals surface area contributed by atoms with Crippen molar-refractivity contribution in [2.45, 2.75) is 25.4 Å². The summed E-state index contributed by atoms with van der Waals surface area (Å²) in [4.78, 5) is 27.3. The Balaban J connectivity index is 1.28. The second-order valence-corrected chi connectivity index (χ2v) is 8.26. The van der Waals surface area contributed by atoms with Crippen LogP contribution in [0.4, 0.5) is 10.1 Å². The first-order valence-electron chi connectivity index (χ1n) is 11.4. The molecule has 1 saturated heterocycles. The molecule has 3 aromatic rings. The molecule has 0 bridgehead atoms. The maximum atomic E-state index is 13.1. The van der Waals surface area contributed by atoms with E-state index in [-0.39, 0.29) is 30.3 Å². The molecule has 0 spiro atoms. The Morgan fingerprint density at radius 1 is 0.912 bits per heavy atom. The van der Waals surface area contributed by atoms with Gasteiger partial charge in [0.25, 0.3) is 11.8 Å². The number of nitrogens with zero attached hydrogens (tertiary/aromatic N) is 1. The largest absolute Gasteiger partial charge is 0.484 e. The van der Waals surface area contributed by atoms with E-state index in [0.29, 0.717) is 17.9 Å². The van der Waals surface area contributed by atoms with E-state index in [4.69, 9.17) is 4.74 Å². The number of carbonyl (C=O) groups excluding carboxylic acids is 2. The van der Waals surface area contributed by atoms with Gasteiger partial charge in [0.1, 0.15) is 11.6 Å². The highest BCUT2D eigenvalue weighted by Gasteiger charge is 2.24. The van der Waals surface area contributed by atoms with Gasteiger partial charge >= 0.3 is 0 Å². The lowest BCUT2D eigenvalue weighted by molar-refractivity contribution is -0.123. The quantitative estimate of drug-likeness (QED) is 0.534. The van der Waals surface area contributed by atoms with Crippen LogP contribution in [0.2, 0.25) is 0 Å². The van der Waals surface area contributed by atoms with Crippen LogP contribution in [0.1, 0.15) is 28.8 Å². The van der Waals surface area contributed by atoms with E-state index in [1.165, 1.54) is 12.1 Å². The Labute approximate surface area is 198 Å². The Morgan fingerprint density at radius 2 is 1.59 bits per heavy atom. The predicted molar refractivity (Wildman–Crippen MR) is 129 cm³/mol. The van der Waals surface area contributed by atoms with E-state index in [2.05, 4.69) is 15.5 Å². The molecule has 0 radical (unpaired) electrons. The maximum Gasteiger partial charge on any atom is 0.258 e. The third kappa shape index (κ3) is 6.34. The molecule has 1 heterocycles. The molecule has 2 amide bonds. The standard InChI is InChI=1S/C27H28FN3O3/c28-21-12-10-20(11-13-21)18-29-27(33)24-8-4-5-9-25(24)31-16-14-22(15-17-31)30-26(32)19-34-23-6-2-1-3-7-23/h1-13,22H,14-19H2,(H,29,33)(H,30,32). The molecule has 1 aliphatic heterocycles. The van der Waals surface area contributed by atoms with Crippen LogP contribution in [0.25, 0.3) is 0 Å². The van der Waals surface area contributed by atoms with Gasteiger partial charge in [0, 0.05) is 31.4 Å². The summed E-state index contributed by atoms with van der Waals surface area (Å²) in [6.07, 6.45) is 1.56. The average Bonchev–Trinajstić information content (AvgIpc) is 2.88. The number of piperidine rings is 1. The first kappa shape index (κ1) is 23.3. The number of ether oxygens (including phenoxy) is 1.